The average Bonchev–Trinajstić information content (AvgIpc) is 2.78. The van der Waals surface area contributed by atoms with E-state index in [-0.39, 0.29) is 10.7 Å². The Balaban J connectivity index is 1.96. The maximum atomic E-state index is 13.4. The van der Waals surface area contributed by atoms with Crippen molar-refractivity contribution in [1.29, 1.82) is 0 Å². The van der Waals surface area contributed by atoms with Crippen LogP contribution in [0.2, 0.25) is 5.02 Å². The second kappa shape index (κ2) is 10.3. The average molecular weight is 487 g/mol. The highest BCUT2D eigenvalue weighted by Gasteiger charge is 2.31. The molecule has 6 nitrogen and oxygen atoms in total. The van der Waals surface area contributed by atoms with Gasteiger partial charge in [-0.05, 0) is 43.2 Å². The van der Waals surface area contributed by atoms with E-state index in [1.54, 1.807) is 19.1 Å². The number of carbonyl (C=O) groups excluding carboxylic acids is 1. The molecule has 0 saturated carbocycles. The van der Waals surface area contributed by atoms with Crippen LogP contribution in [0, 0.1) is 6.92 Å². The van der Waals surface area contributed by atoms with Gasteiger partial charge in [0.2, 0.25) is 15.9 Å². The van der Waals surface area contributed by atoms with Gasteiger partial charge < -0.3 is 10.1 Å². The number of carbonyl (C=O) groups is 1. The first-order valence-electron chi connectivity index (χ1n) is 10.4. The molecule has 0 saturated heterocycles. The minimum absolute atomic E-state index is 0.248. The number of nitrogens with zero attached hydrogens (tertiary/aromatic N) is 1. The first-order chi connectivity index (χ1) is 15.6. The molecule has 8 heteroatoms. The Morgan fingerprint density at radius 2 is 1.61 bits per heavy atom. The highest BCUT2D eigenvalue weighted by atomic mass is 35.5. The molecule has 0 spiro atoms. The molecule has 0 radical (unpaired) electrons. The minimum Gasteiger partial charge on any atom is -0.495 e. The van der Waals surface area contributed by atoms with Crippen molar-refractivity contribution < 1.29 is 17.9 Å². The zero-order chi connectivity index (χ0) is 24.2. The van der Waals surface area contributed by atoms with E-state index in [9.17, 15) is 13.2 Å². The van der Waals surface area contributed by atoms with Gasteiger partial charge in [-0.1, -0.05) is 71.8 Å². The maximum absolute atomic E-state index is 13.4. The van der Waals surface area contributed by atoms with Gasteiger partial charge in [0.15, 0.2) is 0 Å². The number of amides is 1. The number of hydrogen-bond acceptors (Lipinski definition) is 4. The third-order valence-electron chi connectivity index (χ3n) is 5.31. The van der Waals surface area contributed by atoms with Crippen LogP contribution in [0.15, 0.2) is 72.8 Å². The Kier molecular flexibility index (Phi) is 7.66. The van der Waals surface area contributed by atoms with Gasteiger partial charge in [0.05, 0.1) is 30.1 Å². The lowest BCUT2D eigenvalue weighted by atomic mass is 9.97. The van der Waals surface area contributed by atoms with E-state index in [0.29, 0.717) is 5.75 Å². The van der Waals surface area contributed by atoms with Crippen molar-refractivity contribution in [3.05, 3.63) is 94.5 Å². The molecule has 33 heavy (non-hydrogen) atoms. The Morgan fingerprint density at radius 3 is 2.15 bits per heavy atom. The number of aryl methyl sites for hydroxylation is 1. The monoisotopic (exact) mass is 486 g/mol. The summed E-state index contributed by atoms with van der Waals surface area (Å²) in [5.41, 5.74) is 3.16. The summed E-state index contributed by atoms with van der Waals surface area (Å²) in [6.45, 7) is 3.54. The summed E-state index contributed by atoms with van der Waals surface area (Å²) in [4.78, 5) is 13.4. The molecule has 0 aromatic heterocycles. The standard InChI is InChI=1S/C25H27ClN2O4S/c1-17-10-12-20(13-11-17)24(19-8-6-5-7-9-19)27-25(29)18(2)28(33(4,30)31)21-14-15-23(32-3)22(26)16-21/h5-16,18,24H,1-4H3,(H,27,29)/t18-,24+/m1/s1. The fraction of sp³-hybridized carbons (Fsp3) is 0.240. The SMILES string of the molecule is COc1ccc(N([C@H](C)C(=O)N[C@@H](c2ccccc2)c2ccc(C)cc2)S(C)(=O)=O)cc1Cl. The number of rotatable bonds is 8. The van der Waals surface area contributed by atoms with Gasteiger partial charge in [0, 0.05) is 0 Å². The summed E-state index contributed by atoms with van der Waals surface area (Å²) in [5.74, 6) is -0.0312. The smallest absolute Gasteiger partial charge is 0.244 e. The molecule has 3 rings (SSSR count). The van der Waals surface area contributed by atoms with Crippen LogP contribution < -0.4 is 14.4 Å². The third kappa shape index (κ3) is 5.86. The topological polar surface area (TPSA) is 75.7 Å². The molecule has 0 aliphatic heterocycles. The lowest BCUT2D eigenvalue weighted by Gasteiger charge is -2.30. The highest BCUT2D eigenvalue weighted by Crippen LogP contribution is 2.31. The number of anilines is 1. The van der Waals surface area contributed by atoms with E-state index in [0.717, 1.165) is 27.3 Å². The molecule has 0 bridgehead atoms. The van der Waals surface area contributed by atoms with Crippen molar-refractivity contribution in [3.63, 3.8) is 0 Å². The van der Waals surface area contributed by atoms with Gasteiger partial charge in [0.1, 0.15) is 11.8 Å². The lowest BCUT2D eigenvalue weighted by molar-refractivity contribution is -0.122. The van der Waals surface area contributed by atoms with E-state index >= 15 is 0 Å². The number of hydrogen-bond donors (Lipinski definition) is 1. The van der Waals surface area contributed by atoms with Crippen LogP contribution in [0.5, 0.6) is 5.75 Å². The van der Waals surface area contributed by atoms with Crippen molar-refractivity contribution in [3.8, 4) is 5.75 Å². The predicted molar refractivity (Wildman–Crippen MR) is 132 cm³/mol. The Bertz CT molecular complexity index is 1210. The maximum Gasteiger partial charge on any atom is 0.244 e. The summed E-state index contributed by atoms with van der Waals surface area (Å²) in [7, 11) is -2.32. The van der Waals surface area contributed by atoms with Gasteiger partial charge in [0.25, 0.3) is 0 Å². The van der Waals surface area contributed by atoms with E-state index in [4.69, 9.17) is 16.3 Å². The molecule has 1 amide bonds. The van der Waals surface area contributed by atoms with Gasteiger partial charge in [-0.3, -0.25) is 9.10 Å². The fourth-order valence-corrected chi connectivity index (χ4v) is 5.05. The first-order valence-corrected chi connectivity index (χ1v) is 12.6. The zero-order valence-electron chi connectivity index (χ0n) is 18.9. The molecule has 0 aliphatic rings. The molecule has 3 aromatic carbocycles. The van der Waals surface area contributed by atoms with Crippen LogP contribution >= 0.6 is 11.6 Å². The van der Waals surface area contributed by atoms with E-state index in [1.165, 1.54) is 13.2 Å². The molecule has 0 fully saturated rings. The van der Waals surface area contributed by atoms with Crippen LogP contribution in [-0.2, 0) is 14.8 Å². The molecule has 1 N–H and O–H groups in total. The van der Waals surface area contributed by atoms with E-state index < -0.39 is 28.0 Å². The van der Waals surface area contributed by atoms with Crippen LogP contribution in [0.25, 0.3) is 0 Å². The summed E-state index contributed by atoms with van der Waals surface area (Å²) in [6.07, 6.45) is 1.06. The summed E-state index contributed by atoms with van der Waals surface area (Å²) in [6, 6.07) is 20.5. The van der Waals surface area contributed by atoms with Crippen LogP contribution in [-0.4, -0.2) is 33.7 Å². The molecule has 0 aliphatic carbocycles. The second-order valence-electron chi connectivity index (χ2n) is 7.82. The van der Waals surface area contributed by atoms with E-state index in [1.807, 2.05) is 61.5 Å². The number of benzene rings is 3. The van der Waals surface area contributed by atoms with Crippen LogP contribution in [0.1, 0.15) is 29.7 Å². The molecule has 0 heterocycles. The first kappa shape index (κ1) is 24.6. The molecule has 0 unspecified atom stereocenters. The normalized spacial score (nSPS) is 13.1. The van der Waals surface area contributed by atoms with Crippen molar-refractivity contribution >= 4 is 33.2 Å². The predicted octanol–water partition coefficient (Wildman–Crippen LogP) is 4.72. The summed E-state index contributed by atoms with van der Waals surface area (Å²) in [5, 5.41) is 3.27. The van der Waals surface area contributed by atoms with E-state index in [2.05, 4.69) is 5.32 Å². The largest absolute Gasteiger partial charge is 0.495 e. The van der Waals surface area contributed by atoms with Crippen molar-refractivity contribution in [2.75, 3.05) is 17.7 Å². The number of halogens is 1. The molecule has 3 aromatic rings. The molecule has 2 atom stereocenters. The Morgan fingerprint density at radius 1 is 1.00 bits per heavy atom. The van der Waals surface area contributed by atoms with Crippen LogP contribution in [0.4, 0.5) is 5.69 Å². The third-order valence-corrected chi connectivity index (χ3v) is 6.85. The fourth-order valence-electron chi connectivity index (χ4n) is 3.63. The quantitative estimate of drug-likeness (QED) is 0.500. The molecule has 174 valence electrons. The zero-order valence-corrected chi connectivity index (χ0v) is 20.5. The van der Waals surface area contributed by atoms with Gasteiger partial charge in [-0.15, -0.1) is 0 Å². The summed E-state index contributed by atoms with van der Waals surface area (Å²) < 4.78 is 31.6. The number of ether oxygens (including phenoxy) is 1. The minimum atomic E-state index is -3.80. The summed E-state index contributed by atoms with van der Waals surface area (Å²) >= 11 is 6.22. The number of nitrogens with one attached hydrogen (secondary N) is 1. The van der Waals surface area contributed by atoms with Crippen molar-refractivity contribution in [2.24, 2.45) is 0 Å². The lowest BCUT2D eigenvalue weighted by Crippen LogP contribution is -2.48. The Hall–Kier alpha value is -3.03. The second-order valence-corrected chi connectivity index (χ2v) is 10.1. The molecular weight excluding hydrogens is 460 g/mol. The van der Waals surface area contributed by atoms with Crippen LogP contribution in [0.3, 0.4) is 0 Å². The highest BCUT2D eigenvalue weighted by molar-refractivity contribution is 7.92. The number of methoxy groups -OCH3 is 1. The van der Waals surface area contributed by atoms with Gasteiger partial charge in [-0.25, -0.2) is 8.42 Å². The number of sulfonamides is 1. The van der Waals surface area contributed by atoms with Gasteiger partial charge >= 0.3 is 0 Å². The Labute approximate surface area is 200 Å². The van der Waals surface area contributed by atoms with Crippen molar-refractivity contribution in [1.82, 2.24) is 5.32 Å². The van der Waals surface area contributed by atoms with Gasteiger partial charge in [-0.2, -0.15) is 0 Å². The van der Waals surface area contributed by atoms with Crippen molar-refractivity contribution in [2.45, 2.75) is 25.9 Å². The molecular formula is C25H27ClN2O4S.